The lowest BCUT2D eigenvalue weighted by Crippen LogP contribution is -2.54. The smallest absolute Gasteiger partial charge is 0.226 e. The lowest BCUT2D eigenvalue weighted by Gasteiger charge is -2.39. The van der Waals surface area contributed by atoms with Crippen LogP contribution in [0.1, 0.15) is 11.1 Å². The normalized spacial score (nSPS) is 13.6. The Balaban J connectivity index is 1.22. The van der Waals surface area contributed by atoms with E-state index in [2.05, 4.69) is 45.4 Å². The number of methoxy groups -OCH3 is 1. The molecule has 0 saturated carbocycles. The molecule has 180 valence electrons. The van der Waals surface area contributed by atoms with Gasteiger partial charge in [-0.05, 0) is 36.2 Å². The Hall–Kier alpha value is -3.91. The number of carbonyl (C=O) groups excluding carboxylic acids is 1. The third-order valence-corrected chi connectivity index (χ3v) is 6.27. The molecule has 1 amide bonds. The molecule has 0 radical (unpaired) electrons. The molecule has 8 heteroatoms. The number of anilines is 1. The van der Waals surface area contributed by atoms with E-state index in [9.17, 15) is 4.79 Å². The Morgan fingerprint density at radius 1 is 1.06 bits per heavy atom. The van der Waals surface area contributed by atoms with E-state index in [1.165, 1.54) is 5.56 Å². The van der Waals surface area contributed by atoms with Crippen LogP contribution in [-0.2, 0) is 16.1 Å². The first-order chi connectivity index (χ1) is 17.1. The van der Waals surface area contributed by atoms with Crippen LogP contribution in [0.2, 0.25) is 0 Å². The van der Waals surface area contributed by atoms with Crippen LogP contribution in [0.15, 0.2) is 67.1 Å². The molecule has 0 bridgehead atoms. The first kappa shape index (κ1) is 22.9. The van der Waals surface area contributed by atoms with E-state index in [4.69, 9.17) is 9.47 Å². The summed E-state index contributed by atoms with van der Waals surface area (Å²) in [6.45, 7) is 4.96. The van der Waals surface area contributed by atoms with Crippen molar-refractivity contribution >= 4 is 17.2 Å². The predicted octanol–water partition coefficient (Wildman–Crippen LogP) is 3.48. The monoisotopic (exact) mass is 471 g/mol. The Bertz CT molecular complexity index is 1290. The molecule has 0 unspecified atom stereocenters. The van der Waals surface area contributed by atoms with E-state index in [-0.39, 0.29) is 11.8 Å². The molecule has 1 aliphatic rings. The van der Waals surface area contributed by atoms with E-state index < -0.39 is 0 Å². The predicted molar refractivity (Wildman–Crippen MR) is 135 cm³/mol. The van der Waals surface area contributed by atoms with Crippen molar-refractivity contribution in [2.24, 2.45) is 5.92 Å². The summed E-state index contributed by atoms with van der Waals surface area (Å²) < 4.78 is 12.5. The van der Waals surface area contributed by atoms with Gasteiger partial charge < -0.3 is 19.7 Å². The van der Waals surface area contributed by atoms with Gasteiger partial charge >= 0.3 is 0 Å². The summed E-state index contributed by atoms with van der Waals surface area (Å²) in [5.41, 5.74) is 5.35. The fraction of sp³-hybridized carbons (Fsp3) is 0.296. The molecule has 1 N–H and O–H groups in total. The molecule has 4 aromatic rings. The van der Waals surface area contributed by atoms with Crippen LogP contribution in [0.5, 0.6) is 5.75 Å². The summed E-state index contributed by atoms with van der Waals surface area (Å²) in [5, 5.41) is 7.44. The highest BCUT2D eigenvalue weighted by Crippen LogP contribution is 2.31. The van der Waals surface area contributed by atoms with E-state index in [1.807, 2.05) is 47.1 Å². The maximum Gasteiger partial charge on any atom is 0.226 e. The van der Waals surface area contributed by atoms with Gasteiger partial charge in [-0.3, -0.25) is 4.79 Å². The summed E-state index contributed by atoms with van der Waals surface area (Å²) >= 11 is 0. The second-order valence-corrected chi connectivity index (χ2v) is 8.81. The van der Waals surface area contributed by atoms with Crippen LogP contribution in [0.3, 0.4) is 0 Å². The van der Waals surface area contributed by atoms with Gasteiger partial charge in [-0.1, -0.05) is 42.0 Å². The van der Waals surface area contributed by atoms with Crippen LogP contribution in [0.4, 0.5) is 5.82 Å². The average molecular weight is 472 g/mol. The number of amides is 1. The van der Waals surface area contributed by atoms with Crippen molar-refractivity contribution in [3.05, 3.63) is 78.2 Å². The van der Waals surface area contributed by atoms with Crippen LogP contribution in [0, 0.1) is 12.8 Å². The Morgan fingerprint density at radius 3 is 2.57 bits per heavy atom. The second-order valence-electron chi connectivity index (χ2n) is 8.81. The van der Waals surface area contributed by atoms with Crippen LogP contribution in [-0.4, -0.2) is 53.9 Å². The van der Waals surface area contributed by atoms with Crippen LogP contribution < -0.4 is 15.0 Å². The van der Waals surface area contributed by atoms with Crippen molar-refractivity contribution in [1.82, 2.24) is 19.9 Å². The number of aromatic nitrogens is 3. The fourth-order valence-corrected chi connectivity index (χ4v) is 4.16. The number of nitrogens with zero attached hydrogens (tertiary/aromatic N) is 4. The van der Waals surface area contributed by atoms with Crippen molar-refractivity contribution in [3.8, 4) is 16.9 Å². The molecule has 3 heterocycles. The van der Waals surface area contributed by atoms with Gasteiger partial charge in [0.15, 0.2) is 5.82 Å². The molecule has 5 rings (SSSR count). The van der Waals surface area contributed by atoms with E-state index in [1.54, 1.807) is 13.4 Å². The van der Waals surface area contributed by atoms with E-state index >= 15 is 0 Å². The van der Waals surface area contributed by atoms with Gasteiger partial charge in [0.1, 0.15) is 24.2 Å². The summed E-state index contributed by atoms with van der Waals surface area (Å²) in [4.78, 5) is 19.3. The molecule has 8 nitrogen and oxygen atoms in total. The summed E-state index contributed by atoms with van der Waals surface area (Å²) in [6, 6.07) is 18.3. The van der Waals surface area contributed by atoms with E-state index in [0.29, 0.717) is 32.8 Å². The lowest BCUT2D eigenvalue weighted by atomic mass is 9.99. The van der Waals surface area contributed by atoms with Crippen molar-refractivity contribution in [1.29, 1.82) is 0 Å². The molecular weight excluding hydrogens is 442 g/mol. The minimum absolute atomic E-state index is 0.0458. The van der Waals surface area contributed by atoms with Gasteiger partial charge in [0.25, 0.3) is 0 Å². The number of fused-ring (bicyclic) bond motifs is 1. The summed E-state index contributed by atoms with van der Waals surface area (Å²) in [5.74, 6) is 1.68. The number of carbonyl (C=O) groups is 1. The number of hydrogen-bond donors (Lipinski definition) is 1. The van der Waals surface area contributed by atoms with Crippen LogP contribution >= 0.6 is 0 Å². The molecule has 1 aliphatic heterocycles. The summed E-state index contributed by atoms with van der Waals surface area (Å²) in [6.07, 6.45) is 3.55. The molecule has 0 spiro atoms. The highest BCUT2D eigenvalue weighted by molar-refractivity contribution is 5.84. The highest BCUT2D eigenvalue weighted by atomic mass is 16.5. The van der Waals surface area contributed by atoms with Gasteiger partial charge in [-0.15, -0.1) is 0 Å². The molecule has 0 aliphatic carbocycles. The Labute approximate surface area is 204 Å². The quantitative estimate of drug-likeness (QED) is 0.377. The van der Waals surface area contributed by atoms with Crippen molar-refractivity contribution in [3.63, 3.8) is 0 Å². The minimum atomic E-state index is -0.0458. The third-order valence-electron chi connectivity index (χ3n) is 6.27. The van der Waals surface area contributed by atoms with Crippen molar-refractivity contribution in [2.75, 3.05) is 38.3 Å². The molecule has 35 heavy (non-hydrogen) atoms. The largest absolute Gasteiger partial charge is 0.491 e. The number of nitrogens with one attached hydrogen (secondary N) is 1. The van der Waals surface area contributed by atoms with Gasteiger partial charge in [-0.2, -0.15) is 5.10 Å². The number of rotatable bonds is 9. The molecule has 1 fully saturated rings. The van der Waals surface area contributed by atoms with Crippen molar-refractivity contribution < 1.29 is 14.3 Å². The lowest BCUT2D eigenvalue weighted by molar-refractivity contribution is -0.125. The topological polar surface area (TPSA) is 81.0 Å². The maximum atomic E-state index is 12.6. The van der Waals surface area contributed by atoms with Crippen LogP contribution in [0.25, 0.3) is 16.6 Å². The van der Waals surface area contributed by atoms with Gasteiger partial charge in [-0.25, -0.2) is 9.50 Å². The summed E-state index contributed by atoms with van der Waals surface area (Å²) in [7, 11) is 1.66. The molecule has 1 saturated heterocycles. The number of aryl methyl sites for hydroxylation is 1. The first-order valence-corrected chi connectivity index (χ1v) is 11.7. The highest BCUT2D eigenvalue weighted by Gasteiger charge is 2.34. The number of ether oxygens (including phenoxy) is 2. The molecule has 0 atom stereocenters. The van der Waals surface area contributed by atoms with Gasteiger partial charge in [0, 0.05) is 38.5 Å². The molecule has 2 aromatic carbocycles. The van der Waals surface area contributed by atoms with E-state index in [0.717, 1.165) is 33.8 Å². The van der Waals surface area contributed by atoms with Crippen molar-refractivity contribution in [2.45, 2.75) is 13.5 Å². The fourth-order valence-electron chi connectivity index (χ4n) is 4.16. The van der Waals surface area contributed by atoms with Gasteiger partial charge in [0.2, 0.25) is 5.91 Å². The zero-order valence-electron chi connectivity index (χ0n) is 20.0. The number of hydrogen-bond acceptors (Lipinski definition) is 6. The zero-order valence-corrected chi connectivity index (χ0v) is 20.0. The average Bonchev–Trinajstić information content (AvgIpc) is 3.29. The molecular formula is C27H29N5O3. The standard InChI is InChI=1S/C27H29N5O3/c1-19-3-5-20(6-4-19)14-28-27(33)23-15-31(16-23)26-25-13-22(17-32(25)30-18-29-26)21-7-9-24(10-8-21)35-12-11-34-2/h3-10,13,17-18,23H,11-12,14-16H2,1-2H3,(H,28,33). The first-order valence-electron chi connectivity index (χ1n) is 11.7. The molecule has 2 aromatic heterocycles. The minimum Gasteiger partial charge on any atom is -0.491 e. The Morgan fingerprint density at radius 2 is 1.83 bits per heavy atom. The Kier molecular flexibility index (Phi) is 6.63. The third kappa shape index (κ3) is 5.12. The zero-order chi connectivity index (χ0) is 24.2. The number of benzene rings is 2. The SMILES string of the molecule is COCCOc1ccc(-c2cc3c(N4CC(C(=O)NCc5ccc(C)cc5)C4)ncnn3c2)cc1. The second kappa shape index (κ2) is 10.1. The van der Waals surface area contributed by atoms with Gasteiger partial charge in [0.05, 0.1) is 12.5 Å². The maximum absolute atomic E-state index is 12.6.